The van der Waals surface area contributed by atoms with Crippen LogP contribution in [0.15, 0.2) is 16.7 Å². The molecule has 1 aromatic rings. The van der Waals surface area contributed by atoms with Crippen molar-refractivity contribution in [2.24, 2.45) is 0 Å². The quantitative estimate of drug-likeness (QED) is 0.841. The molecule has 0 saturated carbocycles. The Hall–Kier alpha value is -1.07. The molecule has 0 unspecified atom stereocenters. The molecule has 5 heteroatoms. The predicted molar refractivity (Wildman–Crippen MR) is 68.0 cm³/mol. The first-order chi connectivity index (χ1) is 7.62. The lowest BCUT2D eigenvalue weighted by molar-refractivity contribution is 0.0662. The molecule has 0 spiro atoms. The second-order valence-corrected chi connectivity index (χ2v) is 8.56. The van der Waals surface area contributed by atoms with E-state index >= 15 is 0 Å². The monoisotopic (exact) mass is 256 g/mol. The van der Waals surface area contributed by atoms with Gasteiger partial charge in [0.05, 0.1) is 11.9 Å². The van der Waals surface area contributed by atoms with Crippen LogP contribution in [-0.2, 0) is 10.0 Å². The van der Waals surface area contributed by atoms with Gasteiger partial charge in [-0.3, -0.25) is 0 Å². The van der Waals surface area contributed by atoms with E-state index in [1.54, 1.807) is 0 Å². The first-order valence-electron chi connectivity index (χ1n) is 5.58. The third-order valence-electron chi connectivity index (χ3n) is 2.37. The molecule has 0 aliphatic heterocycles. The zero-order valence-electron chi connectivity index (χ0n) is 11.0. The van der Waals surface area contributed by atoms with Gasteiger partial charge in [-0.2, -0.15) is 0 Å². The van der Waals surface area contributed by atoms with E-state index in [9.17, 15) is 4.79 Å². The number of carboxylic acids is 1. The van der Waals surface area contributed by atoms with Crippen LogP contribution in [0.1, 0.15) is 50.7 Å². The molecular weight excluding hydrogens is 236 g/mol. The summed E-state index contributed by atoms with van der Waals surface area (Å²) >= 11 is 0. The van der Waals surface area contributed by atoms with Gasteiger partial charge in [-0.05, 0) is 25.0 Å². The fourth-order valence-electron chi connectivity index (χ4n) is 1.24. The lowest BCUT2D eigenvalue weighted by Gasteiger charge is -2.29. The van der Waals surface area contributed by atoms with Gasteiger partial charge in [-0.25, -0.2) is 4.79 Å². The molecule has 17 heavy (non-hydrogen) atoms. The summed E-state index contributed by atoms with van der Waals surface area (Å²) in [5.41, 5.74) is 0.281. The van der Waals surface area contributed by atoms with Crippen molar-refractivity contribution in [3.63, 3.8) is 0 Å². The van der Waals surface area contributed by atoms with E-state index in [-0.39, 0.29) is 10.8 Å². The first-order valence-corrected chi connectivity index (χ1v) is 6.86. The highest BCUT2D eigenvalue weighted by Crippen LogP contribution is 2.30. The largest absolute Gasteiger partial charge is 0.475 e. The van der Waals surface area contributed by atoms with Crippen LogP contribution < -0.4 is 0 Å². The highest BCUT2D eigenvalue weighted by molar-refractivity contribution is 6.31. The van der Waals surface area contributed by atoms with Crippen LogP contribution in [0.5, 0.6) is 0 Å². The summed E-state index contributed by atoms with van der Waals surface area (Å²) in [5, 5.41) is 9.00. The van der Waals surface area contributed by atoms with Crippen LogP contribution in [0.25, 0.3) is 0 Å². The molecule has 1 rings (SSSR count). The number of furan rings is 1. The minimum absolute atomic E-state index is 0.0471. The highest BCUT2D eigenvalue weighted by atomic mass is 28.2. The van der Waals surface area contributed by atoms with Gasteiger partial charge in [0, 0.05) is 5.56 Å². The molecule has 0 atom stereocenters. The highest BCUT2D eigenvalue weighted by Gasteiger charge is 2.27. The van der Waals surface area contributed by atoms with Gasteiger partial charge < -0.3 is 13.9 Å². The minimum atomic E-state index is -1.06. The van der Waals surface area contributed by atoms with Crippen molar-refractivity contribution in [1.29, 1.82) is 0 Å². The lowest BCUT2D eigenvalue weighted by Crippen LogP contribution is -2.27. The predicted octanol–water partition coefficient (Wildman–Crippen LogP) is 2.53. The maximum absolute atomic E-state index is 10.7. The molecule has 1 heterocycles. The SMILES string of the molecule is CC(C)(C)[SiH2]OC(C)(C)c1coc(C(=O)O)c1. The van der Waals surface area contributed by atoms with Crippen molar-refractivity contribution in [2.45, 2.75) is 45.3 Å². The Morgan fingerprint density at radius 3 is 2.35 bits per heavy atom. The molecule has 0 bridgehead atoms. The second kappa shape index (κ2) is 4.66. The summed E-state index contributed by atoms with van der Waals surface area (Å²) in [6.45, 7) is 10.3. The average Bonchev–Trinajstić information content (AvgIpc) is 2.63. The van der Waals surface area contributed by atoms with Crippen LogP contribution in [0, 0.1) is 0 Å². The van der Waals surface area contributed by atoms with Gasteiger partial charge in [-0.1, -0.05) is 20.8 Å². The van der Waals surface area contributed by atoms with Gasteiger partial charge >= 0.3 is 5.97 Å². The smallest absolute Gasteiger partial charge is 0.371 e. The van der Waals surface area contributed by atoms with Crippen molar-refractivity contribution in [1.82, 2.24) is 0 Å². The summed E-state index contributed by atoms with van der Waals surface area (Å²) in [5.74, 6) is -1.10. The van der Waals surface area contributed by atoms with Gasteiger partial charge in [0.15, 0.2) is 9.76 Å². The van der Waals surface area contributed by atoms with E-state index in [0.717, 1.165) is 5.56 Å². The Morgan fingerprint density at radius 2 is 1.94 bits per heavy atom. The van der Waals surface area contributed by atoms with Crippen molar-refractivity contribution in [2.75, 3.05) is 0 Å². The summed E-state index contributed by atoms with van der Waals surface area (Å²) in [6.07, 6.45) is 1.46. The number of rotatable bonds is 4. The summed E-state index contributed by atoms with van der Waals surface area (Å²) < 4.78 is 10.9. The van der Waals surface area contributed by atoms with Gasteiger partial charge in [0.2, 0.25) is 5.76 Å². The van der Waals surface area contributed by atoms with Crippen molar-refractivity contribution in [3.05, 3.63) is 23.7 Å². The molecule has 0 saturated heterocycles. The molecule has 0 radical (unpaired) electrons. The molecule has 1 N–H and O–H groups in total. The molecule has 0 aliphatic carbocycles. The fraction of sp³-hybridized carbons (Fsp3) is 0.583. The third-order valence-corrected chi connectivity index (χ3v) is 4.10. The number of hydrogen-bond acceptors (Lipinski definition) is 3. The van der Waals surface area contributed by atoms with E-state index < -0.39 is 21.3 Å². The summed E-state index contributed by atoms with van der Waals surface area (Å²) in [6, 6.07) is 1.53. The van der Waals surface area contributed by atoms with Crippen molar-refractivity contribution >= 4 is 15.7 Å². The summed E-state index contributed by atoms with van der Waals surface area (Å²) in [7, 11) is -0.698. The van der Waals surface area contributed by atoms with Gasteiger partial charge in [0.25, 0.3) is 0 Å². The molecular formula is C12H20O4Si. The van der Waals surface area contributed by atoms with E-state index in [2.05, 4.69) is 20.8 Å². The molecule has 0 aromatic carbocycles. The Labute approximate surface area is 104 Å². The van der Waals surface area contributed by atoms with Gasteiger partial charge in [0.1, 0.15) is 0 Å². The fourth-order valence-corrected chi connectivity index (χ4v) is 2.20. The molecule has 0 aliphatic rings. The van der Waals surface area contributed by atoms with Crippen LogP contribution >= 0.6 is 0 Å². The lowest BCUT2D eigenvalue weighted by atomic mass is 10.0. The first kappa shape index (κ1) is 14.0. The van der Waals surface area contributed by atoms with E-state index in [0.29, 0.717) is 0 Å². The Kier molecular flexibility index (Phi) is 3.83. The molecule has 0 amide bonds. The maximum Gasteiger partial charge on any atom is 0.371 e. The molecule has 1 aromatic heterocycles. The molecule has 96 valence electrons. The van der Waals surface area contributed by atoms with Crippen molar-refractivity contribution in [3.8, 4) is 0 Å². The van der Waals surface area contributed by atoms with Crippen LogP contribution in [0.4, 0.5) is 0 Å². The van der Waals surface area contributed by atoms with E-state index in [1.165, 1.54) is 12.3 Å². The van der Waals surface area contributed by atoms with Crippen LogP contribution in [0.3, 0.4) is 0 Å². The average molecular weight is 256 g/mol. The molecule has 4 nitrogen and oxygen atoms in total. The van der Waals surface area contributed by atoms with E-state index in [4.69, 9.17) is 13.9 Å². The zero-order chi connectivity index (χ0) is 13.3. The van der Waals surface area contributed by atoms with Crippen LogP contribution in [-0.4, -0.2) is 20.8 Å². The maximum atomic E-state index is 10.7. The minimum Gasteiger partial charge on any atom is -0.475 e. The van der Waals surface area contributed by atoms with E-state index in [1.807, 2.05) is 13.8 Å². The Morgan fingerprint density at radius 1 is 1.35 bits per heavy atom. The Balaban J connectivity index is 2.78. The number of aromatic carboxylic acids is 1. The Bertz CT molecular complexity index is 401. The van der Waals surface area contributed by atoms with Gasteiger partial charge in [-0.15, -0.1) is 0 Å². The van der Waals surface area contributed by atoms with Crippen LogP contribution in [0.2, 0.25) is 5.04 Å². The third kappa shape index (κ3) is 4.01. The second-order valence-electron chi connectivity index (χ2n) is 5.86. The van der Waals surface area contributed by atoms with Crippen molar-refractivity contribution < 1.29 is 18.7 Å². The number of carboxylic acid groups (broad SMARTS) is 1. The molecule has 0 fully saturated rings. The zero-order valence-corrected chi connectivity index (χ0v) is 12.4. The normalized spacial score (nSPS) is 13.5. The number of carbonyl (C=O) groups is 1. The summed E-state index contributed by atoms with van der Waals surface area (Å²) in [4.78, 5) is 10.7. The standard InChI is InChI=1S/C12H20O4Si/c1-11(2,3)17-16-12(4,5)8-6-9(10(13)14)15-7-8/h6-7H,17H2,1-5H3,(H,13,14). The number of hydrogen-bond donors (Lipinski definition) is 1. The topological polar surface area (TPSA) is 59.7 Å².